The summed E-state index contributed by atoms with van der Waals surface area (Å²) in [6.45, 7) is 0. The molecule has 0 N–H and O–H groups in total. The summed E-state index contributed by atoms with van der Waals surface area (Å²) in [6.07, 6.45) is 4.04. The van der Waals surface area contributed by atoms with Crippen LogP contribution < -0.4 is 0 Å². The molecular weight excluding hydrogens is 1550 g/mol. The van der Waals surface area contributed by atoms with E-state index in [4.69, 9.17) is 39.9 Å². The quantitative estimate of drug-likeness (QED) is 0.106. The van der Waals surface area contributed by atoms with E-state index in [9.17, 15) is 0 Å². The highest BCUT2D eigenvalue weighted by molar-refractivity contribution is 7.26. The minimum Gasteiger partial charge on any atom is -0.293 e. The lowest BCUT2D eigenvalue weighted by Gasteiger charge is -2.17. The molecule has 0 fully saturated rings. The molecule has 124 heavy (non-hydrogen) atoms. The SMILES string of the molecule is c1ccc(-c2ccc(-c3ccccc3)c(-c3cnc(-n4c5ccccc5c5c6c(ccc54)sc4ccccc46)c(-c4nc(-c5ccccc5)nc(-c5ccccc5)n4)c3)c2)cc1.c1ccc(-c2ccc(-c3ccccc3)c(-c3cnc(-n4c5ccccc5c5cc6c(cc54)sc4ccccc46)c(-c4nc(-c5ccccc5)nc(-c5ccccc5)n4)c3)c2)cc1. The Kier molecular flexibility index (Phi) is 18.4. The molecule has 12 heteroatoms. The summed E-state index contributed by atoms with van der Waals surface area (Å²) >= 11 is 3.66. The van der Waals surface area contributed by atoms with Crippen LogP contribution in [0.5, 0.6) is 0 Å². The molecule has 0 atom stereocenters. The number of hydrogen-bond acceptors (Lipinski definition) is 10. The molecule has 0 radical (unpaired) electrons. The number of aromatic nitrogens is 10. The van der Waals surface area contributed by atoms with Crippen molar-refractivity contribution in [3.63, 3.8) is 0 Å². The maximum Gasteiger partial charge on any atom is 0.167 e. The van der Waals surface area contributed by atoms with Crippen molar-refractivity contribution in [3.8, 4) is 147 Å². The van der Waals surface area contributed by atoms with Gasteiger partial charge in [-0.3, -0.25) is 9.13 Å². The van der Waals surface area contributed by atoms with Gasteiger partial charge in [-0.05, 0) is 128 Å². The van der Waals surface area contributed by atoms with Crippen molar-refractivity contribution in [1.29, 1.82) is 0 Å². The van der Waals surface area contributed by atoms with Crippen molar-refractivity contribution in [3.05, 3.63) is 425 Å². The van der Waals surface area contributed by atoms with E-state index in [-0.39, 0.29) is 0 Å². The molecule has 24 aromatic rings. The summed E-state index contributed by atoms with van der Waals surface area (Å²) < 4.78 is 9.64. The fraction of sp³-hybridized carbons (Fsp3) is 0. The van der Waals surface area contributed by atoms with Crippen molar-refractivity contribution in [2.45, 2.75) is 0 Å². The average molecular weight is 1620 g/mol. The fourth-order valence-electron chi connectivity index (χ4n) is 17.6. The number of hydrogen-bond donors (Lipinski definition) is 0. The van der Waals surface area contributed by atoms with Crippen LogP contribution in [0.4, 0.5) is 0 Å². The van der Waals surface area contributed by atoms with Crippen LogP contribution in [0.15, 0.2) is 425 Å². The van der Waals surface area contributed by atoms with Gasteiger partial charge in [0.25, 0.3) is 0 Å². The second kappa shape index (κ2) is 31.2. The van der Waals surface area contributed by atoms with E-state index in [1.807, 2.05) is 156 Å². The largest absolute Gasteiger partial charge is 0.293 e. The van der Waals surface area contributed by atoms with Crippen LogP contribution in [0.25, 0.3) is 231 Å². The molecule has 580 valence electrons. The Labute approximate surface area is 722 Å². The third kappa shape index (κ3) is 13.2. The Morgan fingerprint density at radius 1 is 0.169 bits per heavy atom. The summed E-state index contributed by atoms with van der Waals surface area (Å²) in [6, 6.07) is 145. The Morgan fingerprint density at radius 3 is 0.976 bits per heavy atom. The van der Waals surface area contributed by atoms with Gasteiger partial charge in [-0.25, -0.2) is 39.9 Å². The van der Waals surface area contributed by atoms with E-state index in [0.717, 1.165) is 139 Å². The molecule has 8 heterocycles. The van der Waals surface area contributed by atoms with Crippen LogP contribution in [0, 0.1) is 0 Å². The van der Waals surface area contributed by atoms with E-state index in [1.54, 1.807) is 0 Å². The molecule has 0 saturated carbocycles. The van der Waals surface area contributed by atoms with Gasteiger partial charge in [-0.15, -0.1) is 22.7 Å². The molecule has 24 rings (SSSR count). The highest BCUT2D eigenvalue weighted by atomic mass is 32.1. The first kappa shape index (κ1) is 73.1. The Morgan fingerprint density at radius 2 is 0.516 bits per heavy atom. The molecule has 10 nitrogen and oxygen atoms in total. The van der Waals surface area contributed by atoms with Crippen molar-refractivity contribution < 1.29 is 0 Å². The number of benzene rings is 16. The molecule has 0 aliphatic heterocycles. The second-order valence-corrected chi connectivity index (χ2v) is 33.0. The summed E-state index contributed by atoms with van der Waals surface area (Å²) in [7, 11) is 0. The molecule has 0 aliphatic rings. The van der Waals surface area contributed by atoms with Gasteiger partial charge in [0.1, 0.15) is 11.6 Å². The van der Waals surface area contributed by atoms with E-state index < -0.39 is 0 Å². The zero-order valence-electron chi connectivity index (χ0n) is 66.7. The predicted molar refractivity (Wildman–Crippen MR) is 515 cm³/mol. The number of fused-ring (bicyclic) bond motifs is 13. The minimum absolute atomic E-state index is 0.538. The van der Waals surface area contributed by atoms with Gasteiger partial charge in [0.15, 0.2) is 34.9 Å². The molecule has 0 bridgehead atoms. The van der Waals surface area contributed by atoms with Crippen LogP contribution in [-0.2, 0) is 0 Å². The van der Waals surface area contributed by atoms with Crippen LogP contribution in [0.2, 0.25) is 0 Å². The van der Waals surface area contributed by atoms with Crippen LogP contribution in [-0.4, -0.2) is 49.0 Å². The van der Waals surface area contributed by atoms with Crippen molar-refractivity contribution in [1.82, 2.24) is 49.0 Å². The lowest BCUT2D eigenvalue weighted by molar-refractivity contribution is 1.04. The minimum atomic E-state index is 0.538. The number of nitrogens with zero attached hydrogens (tertiary/aromatic N) is 10. The van der Waals surface area contributed by atoms with Crippen LogP contribution in [0.1, 0.15) is 0 Å². The second-order valence-electron chi connectivity index (χ2n) is 30.9. The summed E-state index contributed by atoms with van der Waals surface area (Å²) in [5.41, 5.74) is 22.5. The number of para-hydroxylation sites is 2. The Bertz CT molecular complexity index is 8090. The van der Waals surface area contributed by atoms with Crippen molar-refractivity contribution in [2.24, 2.45) is 0 Å². The molecule has 0 amide bonds. The summed E-state index contributed by atoms with van der Waals surface area (Å²) in [5.74, 6) is 4.93. The normalized spacial score (nSPS) is 11.5. The van der Waals surface area contributed by atoms with Crippen molar-refractivity contribution in [2.75, 3.05) is 0 Å². The lowest BCUT2D eigenvalue weighted by atomic mass is 9.91. The first-order valence-electron chi connectivity index (χ1n) is 41.4. The Hall–Kier alpha value is -16.1. The van der Waals surface area contributed by atoms with Crippen molar-refractivity contribution >= 4 is 107 Å². The third-order valence-corrected chi connectivity index (χ3v) is 25.7. The van der Waals surface area contributed by atoms with Gasteiger partial charge in [0.2, 0.25) is 0 Å². The molecule has 0 aliphatic carbocycles. The Balaban J connectivity index is 0.000000143. The number of thiophene rings is 2. The molecular formula is C112H70N10S2. The van der Waals surface area contributed by atoms with Gasteiger partial charge in [0, 0.05) is 108 Å². The van der Waals surface area contributed by atoms with Gasteiger partial charge in [0.05, 0.1) is 33.2 Å². The maximum atomic E-state index is 5.51. The van der Waals surface area contributed by atoms with Gasteiger partial charge >= 0.3 is 0 Å². The van der Waals surface area contributed by atoms with E-state index >= 15 is 0 Å². The fourth-order valence-corrected chi connectivity index (χ4v) is 19.8. The molecule has 0 unspecified atom stereocenters. The maximum absolute atomic E-state index is 5.51. The lowest BCUT2D eigenvalue weighted by Crippen LogP contribution is -2.06. The molecule has 0 spiro atoms. The zero-order chi connectivity index (χ0) is 82.0. The van der Waals surface area contributed by atoms with E-state index in [2.05, 4.69) is 300 Å². The van der Waals surface area contributed by atoms with E-state index in [0.29, 0.717) is 34.9 Å². The smallest absolute Gasteiger partial charge is 0.167 e. The van der Waals surface area contributed by atoms with Crippen LogP contribution >= 0.6 is 22.7 Å². The van der Waals surface area contributed by atoms with Gasteiger partial charge in [-0.2, -0.15) is 0 Å². The highest BCUT2D eigenvalue weighted by Gasteiger charge is 2.28. The van der Waals surface area contributed by atoms with Gasteiger partial charge in [-0.1, -0.05) is 340 Å². The molecule has 8 aromatic heterocycles. The topological polar surface area (TPSA) is 113 Å². The van der Waals surface area contributed by atoms with Gasteiger partial charge < -0.3 is 0 Å². The predicted octanol–water partition coefficient (Wildman–Crippen LogP) is 29.5. The van der Waals surface area contributed by atoms with Crippen LogP contribution in [0.3, 0.4) is 0 Å². The number of rotatable bonds is 14. The number of pyridine rings is 2. The third-order valence-electron chi connectivity index (χ3n) is 23.4. The first-order chi connectivity index (χ1) is 61.5. The molecule has 0 saturated heterocycles. The average Bonchev–Trinajstić information content (AvgIpc) is 1.56. The standard InChI is InChI=1S/2C56H35N5S/c1-5-17-36(18-6-1)40-29-30-42(37-19-7-2-8-20-37)45(31-40)41-32-48(55-59-53(38-21-9-3-10-22-38)58-54(60-55)39-23-11-4-12-24-39)56(57-35-41)61-49-27-15-13-25-43(49)46-33-47-44-26-14-16-28-51(44)62-52(47)34-50(46)61;1-5-17-36(18-6-1)40-29-30-42(37-19-7-2-8-20-37)45(33-40)41-34-46(55-59-53(38-21-9-3-10-22-38)58-54(60-55)39-23-11-4-12-24-39)56(57-35-41)61-47-27-15-13-25-43(47)51-48(61)31-32-50-52(51)44-26-14-16-28-49(44)62-50/h2*1-35H. The monoisotopic (exact) mass is 1620 g/mol. The molecule has 16 aromatic carbocycles. The summed E-state index contributed by atoms with van der Waals surface area (Å²) in [4.78, 5) is 42.4. The first-order valence-corrected chi connectivity index (χ1v) is 43.1. The van der Waals surface area contributed by atoms with E-state index in [1.165, 1.54) is 56.5 Å². The zero-order valence-corrected chi connectivity index (χ0v) is 68.3. The summed E-state index contributed by atoms with van der Waals surface area (Å²) in [5, 5.41) is 9.75. The highest BCUT2D eigenvalue weighted by Crippen LogP contribution is 2.48.